The highest BCUT2D eigenvalue weighted by Gasteiger charge is 2.22. The fourth-order valence-corrected chi connectivity index (χ4v) is 2.99. The van der Waals surface area contributed by atoms with Gasteiger partial charge in [0.2, 0.25) is 5.91 Å². The van der Waals surface area contributed by atoms with Crippen molar-refractivity contribution in [2.75, 3.05) is 0 Å². The number of pyridine rings is 1. The number of primary amides is 1. The number of carbonyl (C=O) groups is 1. The smallest absolute Gasteiger partial charge is 0.239 e. The fraction of sp³-hybridized carbons (Fsp3) is 0.571. The first-order valence-electron chi connectivity index (χ1n) is 6.82. The lowest BCUT2D eigenvalue weighted by Gasteiger charge is -2.23. The van der Waals surface area contributed by atoms with Crippen LogP contribution in [0.2, 0.25) is 0 Å². The molecule has 1 aromatic rings. The molecule has 0 radical (unpaired) electrons. The molecule has 0 aromatic carbocycles. The van der Waals surface area contributed by atoms with Gasteiger partial charge in [-0.15, -0.1) is 0 Å². The molecule has 1 aromatic heterocycles. The van der Waals surface area contributed by atoms with Gasteiger partial charge in [0.15, 0.2) is 0 Å². The lowest BCUT2D eigenvalue weighted by Crippen LogP contribution is -2.40. The van der Waals surface area contributed by atoms with E-state index in [1.54, 1.807) is 12.4 Å². The molecule has 1 fully saturated rings. The predicted octanol–water partition coefficient (Wildman–Crippen LogP) is 2.68. The molecule has 1 aliphatic carbocycles. The molecule has 1 aliphatic rings. The molecular formula is C14H20BrN3O. The molecule has 5 heteroatoms. The molecule has 1 unspecified atom stereocenters. The van der Waals surface area contributed by atoms with E-state index in [0.717, 1.165) is 22.9 Å². The summed E-state index contributed by atoms with van der Waals surface area (Å²) >= 11 is 3.37. The molecule has 1 atom stereocenters. The molecule has 104 valence electrons. The van der Waals surface area contributed by atoms with Crippen LogP contribution in [0, 0.1) is 0 Å². The summed E-state index contributed by atoms with van der Waals surface area (Å²) < 4.78 is 0.860. The van der Waals surface area contributed by atoms with Gasteiger partial charge in [-0.3, -0.25) is 15.1 Å². The van der Waals surface area contributed by atoms with Crippen molar-refractivity contribution in [2.45, 2.75) is 50.6 Å². The standard InChI is InChI=1S/C14H20BrN3O/c15-11-7-10(8-17-9-11)13(14(16)19)18-12-5-3-1-2-4-6-12/h7-9,12-13,18H,1-6H2,(H2,16,19). The molecule has 2 rings (SSSR count). The van der Waals surface area contributed by atoms with E-state index in [4.69, 9.17) is 5.73 Å². The highest BCUT2D eigenvalue weighted by atomic mass is 79.9. The van der Waals surface area contributed by atoms with Crippen LogP contribution in [0.25, 0.3) is 0 Å². The van der Waals surface area contributed by atoms with Crippen molar-refractivity contribution < 1.29 is 4.79 Å². The number of carbonyl (C=O) groups excluding carboxylic acids is 1. The number of hydrogen-bond donors (Lipinski definition) is 2. The number of nitrogens with one attached hydrogen (secondary N) is 1. The number of nitrogens with zero attached hydrogens (tertiary/aromatic N) is 1. The van der Waals surface area contributed by atoms with Gasteiger partial charge in [-0.25, -0.2) is 0 Å². The zero-order valence-electron chi connectivity index (χ0n) is 10.9. The van der Waals surface area contributed by atoms with Crippen LogP contribution in [-0.2, 0) is 4.79 Å². The SMILES string of the molecule is NC(=O)C(NC1CCCCCC1)c1cncc(Br)c1. The van der Waals surface area contributed by atoms with Crippen LogP contribution in [0.5, 0.6) is 0 Å². The minimum atomic E-state index is -0.451. The molecule has 0 aliphatic heterocycles. The molecule has 1 amide bonds. The van der Waals surface area contributed by atoms with Crippen molar-refractivity contribution in [3.8, 4) is 0 Å². The Morgan fingerprint density at radius 1 is 1.32 bits per heavy atom. The second kappa shape index (κ2) is 7.01. The quantitative estimate of drug-likeness (QED) is 0.836. The molecular weight excluding hydrogens is 306 g/mol. The van der Waals surface area contributed by atoms with E-state index in [0.29, 0.717) is 6.04 Å². The summed E-state index contributed by atoms with van der Waals surface area (Å²) in [4.78, 5) is 15.8. The minimum Gasteiger partial charge on any atom is -0.368 e. The Bertz CT molecular complexity index is 430. The van der Waals surface area contributed by atoms with E-state index in [-0.39, 0.29) is 5.91 Å². The zero-order valence-corrected chi connectivity index (χ0v) is 12.5. The zero-order chi connectivity index (χ0) is 13.7. The van der Waals surface area contributed by atoms with Crippen molar-refractivity contribution >= 4 is 21.8 Å². The fourth-order valence-electron chi connectivity index (χ4n) is 2.61. The highest BCUT2D eigenvalue weighted by Crippen LogP contribution is 2.22. The molecule has 0 bridgehead atoms. The van der Waals surface area contributed by atoms with Crippen LogP contribution >= 0.6 is 15.9 Å². The van der Waals surface area contributed by atoms with E-state index in [1.807, 2.05) is 6.07 Å². The van der Waals surface area contributed by atoms with Gasteiger partial charge < -0.3 is 5.73 Å². The maximum Gasteiger partial charge on any atom is 0.239 e. The monoisotopic (exact) mass is 325 g/mol. The number of amides is 1. The van der Waals surface area contributed by atoms with Gasteiger partial charge >= 0.3 is 0 Å². The third-order valence-corrected chi connectivity index (χ3v) is 4.04. The molecule has 1 saturated carbocycles. The average molecular weight is 326 g/mol. The minimum absolute atomic E-state index is 0.343. The Morgan fingerprint density at radius 3 is 2.58 bits per heavy atom. The van der Waals surface area contributed by atoms with Crippen molar-refractivity contribution in [1.82, 2.24) is 10.3 Å². The summed E-state index contributed by atoms with van der Waals surface area (Å²) in [6, 6.07) is 1.82. The highest BCUT2D eigenvalue weighted by molar-refractivity contribution is 9.10. The third kappa shape index (κ3) is 4.28. The number of rotatable bonds is 4. The second-order valence-electron chi connectivity index (χ2n) is 5.13. The van der Waals surface area contributed by atoms with Crippen LogP contribution < -0.4 is 11.1 Å². The Kier molecular flexibility index (Phi) is 5.34. The predicted molar refractivity (Wildman–Crippen MR) is 78.5 cm³/mol. The van der Waals surface area contributed by atoms with E-state index in [9.17, 15) is 4.79 Å². The van der Waals surface area contributed by atoms with Crippen LogP contribution in [0.1, 0.15) is 50.1 Å². The molecule has 3 N–H and O–H groups in total. The van der Waals surface area contributed by atoms with Gasteiger partial charge in [-0.05, 0) is 40.4 Å². The Balaban J connectivity index is 2.09. The van der Waals surface area contributed by atoms with Gasteiger partial charge in [0.1, 0.15) is 6.04 Å². The summed E-state index contributed by atoms with van der Waals surface area (Å²) in [5.74, 6) is -0.343. The maximum atomic E-state index is 11.7. The molecule has 0 spiro atoms. The summed E-state index contributed by atoms with van der Waals surface area (Å²) in [5, 5.41) is 3.40. The number of hydrogen-bond acceptors (Lipinski definition) is 3. The van der Waals surface area contributed by atoms with Crippen molar-refractivity contribution in [1.29, 1.82) is 0 Å². The summed E-state index contributed by atoms with van der Waals surface area (Å²) in [6.45, 7) is 0. The Hall–Kier alpha value is -0.940. The van der Waals surface area contributed by atoms with Gasteiger partial charge in [-0.1, -0.05) is 25.7 Å². The van der Waals surface area contributed by atoms with Crippen molar-refractivity contribution in [2.24, 2.45) is 5.73 Å². The number of aromatic nitrogens is 1. The average Bonchev–Trinajstić information content (AvgIpc) is 2.64. The van der Waals surface area contributed by atoms with Crippen LogP contribution in [0.3, 0.4) is 0 Å². The van der Waals surface area contributed by atoms with Crippen molar-refractivity contribution in [3.05, 3.63) is 28.5 Å². The summed E-state index contributed by atoms with van der Waals surface area (Å²) in [6.07, 6.45) is 10.7. The number of halogens is 1. The summed E-state index contributed by atoms with van der Waals surface area (Å²) in [5.41, 5.74) is 6.36. The van der Waals surface area contributed by atoms with E-state index < -0.39 is 6.04 Å². The topological polar surface area (TPSA) is 68.0 Å². The first-order chi connectivity index (χ1) is 9.16. The Morgan fingerprint density at radius 2 is 2.00 bits per heavy atom. The van der Waals surface area contributed by atoms with Gasteiger partial charge in [0.25, 0.3) is 0 Å². The second-order valence-corrected chi connectivity index (χ2v) is 6.04. The van der Waals surface area contributed by atoms with Crippen LogP contribution in [0.4, 0.5) is 0 Å². The largest absolute Gasteiger partial charge is 0.368 e. The normalized spacial score (nSPS) is 18.8. The first-order valence-corrected chi connectivity index (χ1v) is 7.62. The first kappa shape index (κ1) is 14.5. The summed E-state index contributed by atoms with van der Waals surface area (Å²) in [7, 11) is 0. The maximum absolute atomic E-state index is 11.7. The number of nitrogens with two attached hydrogens (primary N) is 1. The molecule has 0 saturated heterocycles. The van der Waals surface area contributed by atoms with Crippen molar-refractivity contribution in [3.63, 3.8) is 0 Å². The lowest BCUT2D eigenvalue weighted by molar-refractivity contribution is -0.120. The lowest BCUT2D eigenvalue weighted by atomic mass is 10.0. The van der Waals surface area contributed by atoms with Crippen LogP contribution in [-0.4, -0.2) is 16.9 Å². The molecule has 4 nitrogen and oxygen atoms in total. The molecule has 19 heavy (non-hydrogen) atoms. The van der Waals surface area contributed by atoms with Gasteiger partial charge in [0, 0.05) is 22.9 Å². The molecule has 1 heterocycles. The van der Waals surface area contributed by atoms with Crippen LogP contribution in [0.15, 0.2) is 22.9 Å². The van der Waals surface area contributed by atoms with E-state index in [1.165, 1.54) is 25.7 Å². The third-order valence-electron chi connectivity index (χ3n) is 3.60. The van der Waals surface area contributed by atoms with Gasteiger partial charge in [0.05, 0.1) is 0 Å². The van der Waals surface area contributed by atoms with E-state index in [2.05, 4.69) is 26.2 Å². The van der Waals surface area contributed by atoms with Gasteiger partial charge in [-0.2, -0.15) is 0 Å². The Labute approximate surface area is 122 Å². The van der Waals surface area contributed by atoms with E-state index >= 15 is 0 Å².